The molecule has 1 fully saturated rings. The van der Waals surface area contributed by atoms with Gasteiger partial charge in [-0.1, -0.05) is 28.1 Å². The number of carbonyl (C=O) groups excluding carboxylic acids is 1. The van der Waals surface area contributed by atoms with Crippen LogP contribution in [0.25, 0.3) is 0 Å². The number of benzene rings is 1. The summed E-state index contributed by atoms with van der Waals surface area (Å²) in [6.45, 7) is 3.81. The molecule has 0 saturated carbocycles. The lowest BCUT2D eigenvalue weighted by atomic mass is 9.77. The maximum Gasteiger partial charge on any atom is 0.231 e. The summed E-state index contributed by atoms with van der Waals surface area (Å²) in [7, 11) is 1.69. The van der Waals surface area contributed by atoms with Crippen molar-refractivity contribution in [3.8, 4) is 0 Å². The van der Waals surface area contributed by atoms with E-state index >= 15 is 0 Å². The van der Waals surface area contributed by atoms with E-state index in [-0.39, 0.29) is 23.7 Å². The highest BCUT2D eigenvalue weighted by Gasteiger charge is 2.42. The van der Waals surface area contributed by atoms with E-state index in [2.05, 4.69) is 39.4 Å². The molecule has 0 atom stereocenters. The van der Waals surface area contributed by atoms with Crippen LogP contribution in [0.2, 0.25) is 0 Å². The first-order valence-electron chi connectivity index (χ1n) is 7.91. The number of fused-ring (bicyclic) bond motifs is 1. The van der Waals surface area contributed by atoms with Crippen molar-refractivity contribution >= 4 is 34.2 Å². The minimum Gasteiger partial charge on any atom is -0.384 e. The van der Waals surface area contributed by atoms with Gasteiger partial charge in [-0.05, 0) is 49.5 Å². The van der Waals surface area contributed by atoms with Gasteiger partial charge >= 0.3 is 0 Å². The molecule has 23 heavy (non-hydrogen) atoms. The smallest absolute Gasteiger partial charge is 0.231 e. The Kier molecular flexibility index (Phi) is 6.48. The molecule has 1 aromatic rings. The van der Waals surface area contributed by atoms with Gasteiger partial charge in [0.15, 0.2) is 0 Å². The first kappa shape index (κ1) is 18.7. The van der Waals surface area contributed by atoms with Crippen molar-refractivity contribution < 1.29 is 9.53 Å². The summed E-state index contributed by atoms with van der Waals surface area (Å²) in [5, 5.41) is 3.35. The lowest BCUT2D eigenvalue weighted by Gasteiger charge is -2.41. The van der Waals surface area contributed by atoms with Crippen LogP contribution in [0.1, 0.15) is 24.0 Å². The molecule has 0 aromatic heterocycles. The number of rotatable bonds is 3. The molecular weight excluding hydrogens is 380 g/mol. The predicted octanol–water partition coefficient (Wildman–Crippen LogP) is 2.77. The quantitative estimate of drug-likeness (QED) is 0.844. The molecule has 1 saturated heterocycles. The van der Waals surface area contributed by atoms with Crippen LogP contribution in [0.4, 0.5) is 0 Å². The fraction of sp³-hybridized carbons (Fsp3) is 0.588. The molecule has 2 aliphatic heterocycles. The number of hydrogen-bond acceptors (Lipinski definition) is 3. The minimum absolute atomic E-state index is 0. The first-order chi connectivity index (χ1) is 10.7. The van der Waals surface area contributed by atoms with E-state index in [9.17, 15) is 4.79 Å². The van der Waals surface area contributed by atoms with Gasteiger partial charge in [-0.3, -0.25) is 4.79 Å². The van der Waals surface area contributed by atoms with Crippen molar-refractivity contribution in [2.45, 2.75) is 25.8 Å². The van der Waals surface area contributed by atoms with Crippen molar-refractivity contribution in [2.75, 3.05) is 33.4 Å². The van der Waals surface area contributed by atoms with Crippen molar-refractivity contribution in [2.24, 2.45) is 5.41 Å². The van der Waals surface area contributed by atoms with Crippen LogP contribution in [0, 0.1) is 5.41 Å². The molecule has 0 aliphatic carbocycles. The van der Waals surface area contributed by atoms with E-state index in [1.165, 1.54) is 11.1 Å². The van der Waals surface area contributed by atoms with Gasteiger partial charge in [-0.15, -0.1) is 12.4 Å². The average molecular weight is 404 g/mol. The molecule has 1 amide bonds. The van der Waals surface area contributed by atoms with Gasteiger partial charge in [0, 0.05) is 24.7 Å². The molecule has 0 unspecified atom stereocenters. The Labute approximate surface area is 152 Å². The average Bonchev–Trinajstić information content (AvgIpc) is 2.55. The predicted molar refractivity (Wildman–Crippen MR) is 96.9 cm³/mol. The Morgan fingerprint density at radius 2 is 2.13 bits per heavy atom. The van der Waals surface area contributed by atoms with Crippen LogP contribution >= 0.6 is 28.3 Å². The summed E-state index contributed by atoms with van der Waals surface area (Å²) in [6, 6.07) is 6.29. The third kappa shape index (κ3) is 3.73. The number of halogens is 2. The summed E-state index contributed by atoms with van der Waals surface area (Å²) < 4.78 is 6.51. The largest absolute Gasteiger partial charge is 0.384 e. The van der Waals surface area contributed by atoms with E-state index in [1.807, 2.05) is 4.90 Å². The highest BCUT2D eigenvalue weighted by molar-refractivity contribution is 9.10. The van der Waals surface area contributed by atoms with Crippen molar-refractivity contribution in [1.29, 1.82) is 0 Å². The van der Waals surface area contributed by atoms with E-state index in [1.54, 1.807) is 7.11 Å². The third-order valence-corrected chi connectivity index (χ3v) is 5.68. The van der Waals surface area contributed by atoms with Crippen LogP contribution in [-0.4, -0.2) is 44.2 Å². The standard InChI is InChI=1S/C17H23BrN2O2.ClH/c1-22-12-17(6-8-19-9-7-17)16(21)20-10-5-13-3-2-4-15(18)14(13)11-20;/h2-4,19H,5-12H2,1H3;1H. The fourth-order valence-electron chi connectivity index (χ4n) is 3.65. The topological polar surface area (TPSA) is 41.6 Å². The summed E-state index contributed by atoms with van der Waals surface area (Å²) in [6.07, 6.45) is 2.65. The number of amides is 1. The Bertz CT molecular complexity index is 556. The van der Waals surface area contributed by atoms with Crippen LogP contribution in [0.5, 0.6) is 0 Å². The number of nitrogens with zero attached hydrogens (tertiary/aromatic N) is 1. The van der Waals surface area contributed by atoms with Crippen LogP contribution in [0.15, 0.2) is 22.7 Å². The van der Waals surface area contributed by atoms with Crippen LogP contribution in [0.3, 0.4) is 0 Å². The number of carbonyl (C=O) groups is 1. The molecule has 6 heteroatoms. The zero-order valence-corrected chi connectivity index (χ0v) is 15.8. The molecule has 2 aliphatic rings. The summed E-state index contributed by atoms with van der Waals surface area (Å²) >= 11 is 3.63. The molecule has 0 bridgehead atoms. The number of ether oxygens (including phenoxy) is 1. The molecule has 3 rings (SSSR count). The highest BCUT2D eigenvalue weighted by Crippen LogP contribution is 2.34. The van der Waals surface area contributed by atoms with Crippen LogP contribution < -0.4 is 5.32 Å². The third-order valence-electron chi connectivity index (χ3n) is 4.94. The molecule has 128 valence electrons. The molecule has 4 nitrogen and oxygen atoms in total. The maximum absolute atomic E-state index is 13.2. The molecule has 1 N–H and O–H groups in total. The van der Waals surface area contributed by atoms with Crippen molar-refractivity contribution in [3.63, 3.8) is 0 Å². The Morgan fingerprint density at radius 3 is 2.83 bits per heavy atom. The van der Waals surface area contributed by atoms with E-state index in [0.29, 0.717) is 13.2 Å². The molecular formula is C17H24BrClN2O2. The normalized spacial score (nSPS) is 19.7. The van der Waals surface area contributed by atoms with Gasteiger partial charge in [-0.25, -0.2) is 0 Å². The number of nitrogens with one attached hydrogen (secondary N) is 1. The van der Waals surface area contributed by atoms with Gasteiger partial charge in [0.2, 0.25) is 5.91 Å². The monoisotopic (exact) mass is 402 g/mol. The lowest BCUT2D eigenvalue weighted by Crippen LogP contribution is -2.52. The minimum atomic E-state index is -0.348. The Morgan fingerprint density at radius 1 is 1.39 bits per heavy atom. The van der Waals surface area contributed by atoms with Gasteiger partial charge in [0.1, 0.15) is 0 Å². The van der Waals surface area contributed by atoms with Gasteiger partial charge < -0.3 is 15.0 Å². The molecule has 0 spiro atoms. The van der Waals surface area contributed by atoms with Gasteiger partial charge in [0.25, 0.3) is 0 Å². The Hall–Kier alpha value is -0.620. The van der Waals surface area contributed by atoms with E-state index < -0.39 is 0 Å². The van der Waals surface area contributed by atoms with Crippen molar-refractivity contribution in [3.05, 3.63) is 33.8 Å². The van der Waals surface area contributed by atoms with Crippen molar-refractivity contribution in [1.82, 2.24) is 10.2 Å². The zero-order chi connectivity index (χ0) is 15.6. The number of piperidine rings is 1. The summed E-state index contributed by atoms with van der Waals surface area (Å²) in [5.74, 6) is 0.261. The zero-order valence-electron chi connectivity index (χ0n) is 13.4. The highest BCUT2D eigenvalue weighted by atomic mass is 79.9. The molecule has 0 radical (unpaired) electrons. The van der Waals surface area contributed by atoms with Gasteiger partial charge in [-0.2, -0.15) is 0 Å². The van der Waals surface area contributed by atoms with Gasteiger partial charge in [0.05, 0.1) is 12.0 Å². The maximum atomic E-state index is 13.2. The number of hydrogen-bond donors (Lipinski definition) is 1. The molecule has 2 heterocycles. The second-order valence-electron chi connectivity index (χ2n) is 6.32. The van der Waals surface area contributed by atoms with Crippen LogP contribution in [-0.2, 0) is 22.5 Å². The summed E-state index contributed by atoms with van der Waals surface area (Å²) in [4.78, 5) is 15.2. The SMILES string of the molecule is COCC1(C(=O)N2CCc3cccc(Br)c3C2)CCNCC1.Cl. The lowest BCUT2D eigenvalue weighted by molar-refractivity contribution is -0.148. The second kappa shape index (κ2) is 7.97. The second-order valence-corrected chi connectivity index (χ2v) is 7.17. The first-order valence-corrected chi connectivity index (χ1v) is 8.71. The molecule has 1 aromatic carbocycles. The van der Waals surface area contributed by atoms with E-state index in [4.69, 9.17) is 4.74 Å². The Balaban J connectivity index is 0.00000192. The summed E-state index contributed by atoms with van der Waals surface area (Å²) in [5.41, 5.74) is 2.26. The fourth-order valence-corrected chi connectivity index (χ4v) is 4.18. The van der Waals surface area contributed by atoms with E-state index in [0.717, 1.165) is 43.4 Å². The number of methoxy groups -OCH3 is 1.